The van der Waals surface area contributed by atoms with Gasteiger partial charge in [-0.3, -0.25) is 5.73 Å². The van der Waals surface area contributed by atoms with E-state index in [1.54, 1.807) is 32.6 Å². The molecule has 7 nitrogen and oxygen atoms in total. The Kier molecular flexibility index (Phi) is 4.66. The smallest absolute Gasteiger partial charge is 0.195 e. The largest absolute Gasteiger partial charge is 0.496 e. The molecule has 21 heavy (non-hydrogen) atoms. The maximum Gasteiger partial charge on any atom is 0.195 e. The number of nitrogens with zero attached hydrogens (tertiary/aromatic N) is 1. The zero-order valence-corrected chi connectivity index (χ0v) is 12.1. The van der Waals surface area contributed by atoms with Crippen LogP contribution in [0, 0.1) is 0 Å². The number of benzene rings is 1. The third-order valence-electron chi connectivity index (χ3n) is 3.03. The number of nitrogens with one attached hydrogen (secondary N) is 1. The van der Waals surface area contributed by atoms with Gasteiger partial charge in [0.05, 0.1) is 13.7 Å². The Hall–Kier alpha value is -2.25. The zero-order valence-electron chi connectivity index (χ0n) is 12.1. The van der Waals surface area contributed by atoms with Crippen molar-refractivity contribution in [2.24, 2.45) is 16.5 Å². The topological polar surface area (TPSA) is 104 Å². The lowest BCUT2D eigenvalue weighted by atomic mass is 9.98. The molecular weight excluding hydrogens is 272 g/mol. The third kappa shape index (κ3) is 3.45. The molecule has 0 saturated heterocycles. The number of nitrogens with two attached hydrogens (primary N) is 2. The van der Waals surface area contributed by atoms with E-state index in [1.165, 1.54) is 0 Å². The van der Waals surface area contributed by atoms with E-state index in [9.17, 15) is 0 Å². The summed E-state index contributed by atoms with van der Waals surface area (Å²) in [5, 5.41) is 2.78. The Balaban J connectivity index is 2.28. The van der Waals surface area contributed by atoms with Gasteiger partial charge in [-0.2, -0.15) is 0 Å². The second kappa shape index (κ2) is 6.47. The van der Waals surface area contributed by atoms with E-state index in [0.717, 1.165) is 0 Å². The molecule has 2 rings (SSSR count). The summed E-state index contributed by atoms with van der Waals surface area (Å²) >= 11 is 0. The number of ether oxygens (including phenoxy) is 3. The highest BCUT2D eigenvalue weighted by atomic mass is 16.5. The van der Waals surface area contributed by atoms with Crippen LogP contribution >= 0.6 is 0 Å². The van der Waals surface area contributed by atoms with Crippen molar-refractivity contribution in [3.05, 3.63) is 36.0 Å². The van der Waals surface area contributed by atoms with E-state index in [1.807, 2.05) is 12.1 Å². The first kappa shape index (κ1) is 15.1. The SMILES string of the molecule is COCCOc1ccc(C2(N)C=CNC(N)=N2)c(OC)c1. The van der Waals surface area contributed by atoms with Gasteiger partial charge in [-0.05, 0) is 18.2 Å². The molecule has 5 N–H and O–H groups in total. The average Bonchev–Trinajstić information content (AvgIpc) is 2.47. The standard InChI is InChI=1S/C14H20N4O3/c1-19-7-8-21-10-3-4-11(12(9-10)20-2)14(16)5-6-17-13(15)18-14/h3-6,9H,7-8,16H2,1-2H3,(H3,15,17,18). The van der Waals surface area contributed by atoms with Crippen LogP contribution in [0.3, 0.4) is 0 Å². The molecule has 0 spiro atoms. The van der Waals surface area contributed by atoms with Gasteiger partial charge in [-0.1, -0.05) is 0 Å². The Bertz CT molecular complexity index is 559. The van der Waals surface area contributed by atoms with E-state index in [2.05, 4.69) is 10.3 Å². The van der Waals surface area contributed by atoms with Crippen molar-refractivity contribution < 1.29 is 14.2 Å². The van der Waals surface area contributed by atoms with Gasteiger partial charge in [0, 0.05) is 24.9 Å². The van der Waals surface area contributed by atoms with E-state index in [-0.39, 0.29) is 5.96 Å². The molecule has 0 radical (unpaired) electrons. The minimum Gasteiger partial charge on any atom is -0.496 e. The predicted octanol–water partition coefficient (Wildman–Crippen LogP) is 0.264. The van der Waals surface area contributed by atoms with Crippen molar-refractivity contribution >= 4 is 5.96 Å². The summed E-state index contributed by atoms with van der Waals surface area (Å²) in [5.74, 6) is 1.50. The molecule has 7 heteroatoms. The highest BCUT2D eigenvalue weighted by Gasteiger charge is 2.29. The monoisotopic (exact) mass is 292 g/mol. The number of hydrogen-bond donors (Lipinski definition) is 3. The summed E-state index contributed by atoms with van der Waals surface area (Å²) in [6, 6.07) is 5.39. The van der Waals surface area contributed by atoms with E-state index >= 15 is 0 Å². The fourth-order valence-corrected chi connectivity index (χ4v) is 2.01. The van der Waals surface area contributed by atoms with Crippen molar-refractivity contribution in [1.82, 2.24) is 5.32 Å². The molecule has 1 atom stereocenters. The minimum absolute atomic E-state index is 0.252. The lowest BCUT2D eigenvalue weighted by Crippen LogP contribution is -2.42. The molecule has 1 aliphatic rings. The van der Waals surface area contributed by atoms with E-state index < -0.39 is 5.66 Å². The molecule has 0 amide bonds. The predicted molar refractivity (Wildman–Crippen MR) is 80.1 cm³/mol. The van der Waals surface area contributed by atoms with Crippen molar-refractivity contribution in [3.63, 3.8) is 0 Å². The fourth-order valence-electron chi connectivity index (χ4n) is 2.01. The van der Waals surface area contributed by atoms with Gasteiger partial charge in [0.15, 0.2) is 11.6 Å². The fraction of sp³-hybridized carbons (Fsp3) is 0.357. The summed E-state index contributed by atoms with van der Waals surface area (Å²) < 4.78 is 15.9. The van der Waals surface area contributed by atoms with Gasteiger partial charge in [0.1, 0.15) is 18.1 Å². The molecule has 0 aliphatic carbocycles. The van der Waals surface area contributed by atoms with Crippen LogP contribution in [0.1, 0.15) is 5.56 Å². The van der Waals surface area contributed by atoms with Gasteiger partial charge in [0.2, 0.25) is 0 Å². The maximum atomic E-state index is 6.28. The zero-order chi connectivity index (χ0) is 15.3. The summed E-state index contributed by atoms with van der Waals surface area (Å²) in [6.07, 6.45) is 3.37. The molecule has 114 valence electrons. The molecule has 1 aromatic carbocycles. The van der Waals surface area contributed by atoms with Crippen LogP contribution in [0.25, 0.3) is 0 Å². The quantitative estimate of drug-likeness (QED) is 0.650. The highest BCUT2D eigenvalue weighted by molar-refractivity contribution is 5.80. The molecule has 1 aromatic rings. The Labute approximate surface area is 123 Å². The Morgan fingerprint density at radius 1 is 1.29 bits per heavy atom. The van der Waals surface area contributed by atoms with Crippen LogP contribution in [0.15, 0.2) is 35.5 Å². The number of methoxy groups -OCH3 is 2. The lowest BCUT2D eigenvalue weighted by molar-refractivity contribution is 0.146. The molecule has 1 heterocycles. The van der Waals surface area contributed by atoms with Crippen LogP contribution < -0.4 is 26.3 Å². The minimum atomic E-state index is -1.06. The molecule has 0 aromatic heterocycles. The van der Waals surface area contributed by atoms with Crippen molar-refractivity contribution in [3.8, 4) is 11.5 Å². The van der Waals surface area contributed by atoms with Crippen LogP contribution in [-0.4, -0.2) is 33.4 Å². The number of rotatable bonds is 6. The summed E-state index contributed by atoms with van der Waals surface area (Å²) in [5.41, 5.74) is 11.6. The first-order valence-electron chi connectivity index (χ1n) is 6.48. The van der Waals surface area contributed by atoms with Crippen molar-refractivity contribution in [2.45, 2.75) is 5.66 Å². The van der Waals surface area contributed by atoms with Crippen LogP contribution in [0.5, 0.6) is 11.5 Å². The summed E-state index contributed by atoms with van der Waals surface area (Å²) in [4.78, 5) is 4.23. The van der Waals surface area contributed by atoms with Gasteiger partial charge >= 0.3 is 0 Å². The highest BCUT2D eigenvalue weighted by Crippen LogP contribution is 2.34. The molecule has 0 bridgehead atoms. The van der Waals surface area contributed by atoms with Crippen molar-refractivity contribution in [2.75, 3.05) is 27.4 Å². The average molecular weight is 292 g/mol. The Morgan fingerprint density at radius 3 is 2.76 bits per heavy atom. The first-order chi connectivity index (χ1) is 10.1. The molecule has 1 unspecified atom stereocenters. The summed E-state index contributed by atoms with van der Waals surface area (Å²) in [6.45, 7) is 0.974. The van der Waals surface area contributed by atoms with Gasteiger partial charge in [-0.15, -0.1) is 0 Å². The first-order valence-corrected chi connectivity index (χ1v) is 6.48. The molecule has 0 saturated carbocycles. The number of hydrogen-bond acceptors (Lipinski definition) is 7. The second-order valence-corrected chi connectivity index (χ2v) is 4.50. The number of aliphatic imine (C=N–C) groups is 1. The molecular formula is C14H20N4O3. The van der Waals surface area contributed by atoms with Gasteiger partial charge in [0.25, 0.3) is 0 Å². The molecule has 0 fully saturated rings. The lowest BCUT2D eigenvalue weighted by Gasteiger charge is -2.27. The molecule has 1 aliphatic heterocycles. The van der Waals surface area contributed by atoms with E-state index in [0.29, 0.717) is 30.3 Å². The third-order valence-corrected chi connectivity index (χ3v) is 3.03. The maximum absolute atomic E-state index is 6.28. The Morgan fingerprint density at radius 2 is 2.10 bits per heavy atom. The normalized spacial score (nSPS) is 20.6. The summed E-state index contributed by atoms with van der Waals surface area (Å²) in [7, 11) is 3.19. The van der Waals surface area contributed by atoms with Crippen LogP contribution in [0.2, 0.25) is 0 Å². The van der Waals surface area contributed by atoms with Crippen LogP contribution in [0.4, 0.5) is 0 Å². The van der Waals surface area contributed by atoms with Gasteiger partial charge in [-0.25, -0.2) is 4.99 Å². The van der Waals surface area contributed by atoms with Crippen molar-refractivity contribution in [1.29, 1.82) is 0 Å². The second-order valence-electron chi connectivity index (χ2n) is 4.50. The van der Waals surface area contributed by atoms with Crippen LogP contribution in [-0.2, 0) is 10.4 Å². The van der Waals surface area contributed by atoms with Gasteiger partial charge < -0.3 is 25.3 Å². The van der Waals surface area contributed by atoms with E-state index in [4.69, 9.17) is 25.7 Å². The number of guanidine groups is 1.